The predicted molar refractivity (Wildman–Crippen MR) is 118 cm³/mol. The van der Waals surface area contributed by atoms with Crippen molar-refractivity contribution in [2.45, 2.75) is 25.7 Å². The molecule has 0 aliphatic carbocycles. The maximum atomic E-state index is 11.9. The molecule has 2 aromatic carbocycles. The number of carbonyl (C=O) groups is 1. The minimum absolute atomic E-state index is 0.197. The molecule has 154 valence electrons. The summed E-state index contributed by atoms with van der Waals surface area (Å²) in [5.41, 5.74) is 5.46. The van der Waals surface area contributed by atoms with Crippen LogP contribution in [0.2, 0.25) is 0 Å². The second-order valence-corrected chi connectivity index (χ2v) is 7.86. The molecule has 0 spiro atoms. The van der Waals surface area contributed by atoms with Gasteiger partial charge in [0.1, 0.15) is 17.9 Å². The van der Waals surface area contributed by atoms with Crippen molar-refractivity contribution in [3.8, 4) is 5.75 Å². The SMILES string of the molecule is CCC(=O)N1CC(c2cc3c(Nc4ccc5c(c4)CCN5)ncnc3cc2OC)C1. The minimum Gasteiger partial charge on any atom is -0.496 e. The molecule has 7 heteroatoms. The van der Waals surface area contributed by atoms with Crippen molar-refractivity contribution in [3.05, 3.63) is 47.8 Å². The molecular formula is C23H25N5O2. The van der Waals surface area contributed by atoms with Crippen LogP contribution in [0.15, 0.2) is 36.7 Å². The summed E-state index contributed by atoms with van der Waals surface area (Å²) < 4.78 is 5.65. The fraction of sp³-hybridized carbons (Fsp3) is 0.348. The summed E-state index contributed by atoms with van der Waals surface area (Å²) in [6, 6.07) is 10.4. The molecule has 1 aromatic heterocycles. The van der Waals surface area contributed by atoms with Crippen molar-refractivity contribution in [2.75, 3.05) is 37.4 Å². The topological polar surface area (TPSA) is 79.4 Å². The number of amides is 1. The Hall–Kier alpha value is -3.35. The third kappa shape index (κ3) is 3.20. The molecule has 30 heavy (non-hydrogen) atoms. The molecule has 3 aromatic rings. The highest BCUT2D eigenvalue weighted by Crippen LogP contribution is 2.38. The molecule has 0 radical (unpaired) electrons. The van der Waals surface area contributed by atoms with E-state index in [1.54, 1.807) is 13.4 Å². The first-order valence-corrected chi connectivity index (χ1v) is 10.4. The Balaban J connectivity index is 1.48. The Morgan fingerprint density at radius 1 is 1.27 bits per heavy atom. The van der Waals surface area contributed by atoms with Crippen LogP contribution in [-0.2, 0) is 11.2 Å². The molecule has 0 bridgehead atoms. The number of anilines is 3. The van der Waals surface area contributed by atoms with Gasteiger partial charge >= 0.3 is 0 Å². The van der Waals surface area contributed by atoms with Crippen molar-refractivity contribution in [1.82, 2.24) is 14.9 Å². The first-order chi connectivity index (χ1) is 14.7. The van der Waals surface area contributed by atoms with Crippen LogP contribution in [0.3, 0.4) is 0 Å². The van der Waals surface area contributed by atoms with E-state index in [1.807, 2.05) is 17.9 Å². The van der Waals surface area contributed by atoms with Crippen LogP contribution in [0.4, 0.5) is 17.2 Å². The third-order valence-electron chi connectivity index (χ3n) is 6.04. The number of hydrogen-bond donors (Lipinski definition) is 2. The van der Waals surface area contributed by atoms with E-state index >= 15 is 0 Å². The lowest BCUT2D eigenvalue weighted by Crippen LogP contribution is -2.48. The van der Waals surface area contributed by atoms with Gasteiger partial charge in [0.25, 0.3) is 0 Å². The Bertz CT molecular complexity index is 1120. The molecule has 1 amide bonds. The lowest BCUT2D eigenvalue weighted by Gasteiger charge is -2.40. The molecular weight excluding hydrogens is 378 g/mol. The van der Waals surface area contributed by atoms with Gasteiger partial charge in [-0.05, 0) is 36.2 Å². The number of fused-ring (bicyclic) bond motifs is 2. The minimum atomic E-state index is 0.197. The number of benzene rings is 2. The van der Waals surface area contributed by atoms with E-state index in [0.29, 0.717) is 6.42 Å². The standard InChI is InChI=1S/C23H25N5O2/c1-3-22(29)28-11-15(12-28)17-9-18-20(10-21(17)30-2)25-13-26-23(18)27-16-4-5-19-14(8-16)6-7-24-19/h4-5,8-10,13,15,24H,3,6-7,11-12H2,1-2H3,(H,25,26,27). The number of methoxy groups -OCH3 is 1. The summed E-state index contributed by atoms with van der Waals surface area (Å²) in [7, 11) is 1.68. The van der Waals surface area contributed by atoms with E-state index in [4.69, 9.17) is 4.74 Å². The smallest absolute Gasteiger partial charge is 0.222 e. The zero-order valence-electron chi connectivity index (χ0n) is 17.2. The summed E-state index contributed by atoms with van der Waals surface area (Å²) in [5, 5.41) is 7.81. The van der Waals surface area contributed by atoms with Crippen molar-refractivity contribution in [3.63, 3.8) is 0 Å². The van der Waals surface area contributed by atoms with Gasteiger partial charge in [0, 0.05) is 60.4 Å². The van der Waals surface area contributed by atoms with E-state index in [1.165, 1.54) is 11.3 Å². The maximum absolute atomic E-state index is 11.9. The highest BCUT2D eigenvalue weighted by Gasteiger charge is 2.33. The number of likely N-dealkylation sites (tertiary alicyclic amines) is 1. The molecule has 5 rings (SSSR count). The predicted octanol–water partition coefficient (Wildman–Crippen LogP) is 3.69. The Morgan fingerprint density at radius 2 is 2.13 bits per heavy atom. The van der Waals surface area contributed by atoms with Gasteiger partial charge < -0.3 is 20.3 Å². The largest absolute Gasteiger partial charge is 0.496 e. The van der Waals surface area contributed by atoms with Crippen LogP contribution in [0.25, 0.3) is 10.9 Å². The highest BCUT2D eigenvalue weighted by atomic mass is 16.5. The molecule has 1 fully saturated rings. The lowest BCUT2D eigenvalue weighted by molar-refractivity contribution is -0.135. The summed E-state index contributed by atoms with van der Waals surface area (Å²) in [4.78, 5) is 22.8. The Kier molecular flexibility index (Phi) is 4.65. The van der Waals surface area contributed by atoms with E-state index < -0.39 is 0 Å². The number of aromatic nitrogens is 2. The number of hydrogen-bond acceptors (Lipinski definition) is 6. The van der Waals surface area contributed by atoms with Gasteiger partial charge in [0.05, 0.1) is 12.6 Å². The van der Waals surface area contributed by atoms with Crippen LogP contribution in [0, 0.1) is 0 Å². The van der Waals surface area contributed by atoms with E-state index in [-0.39, 0.29) is 11.8 Å². The summed E-state index contributed by atoms with van der Waals surface area (Å²) in [6.45, 7) is 4.33. The van der Waals surface area contributed by atoms with E-state index in [0.717, 1.165) is 59.8 Å². The van der Waals surface area contributed by atoms with Gasteiger partial charge in [0.2, 0.25) is 5.91 Å². The van der Waals surface area contributed by atoms with Gasteiger partial charge in [-0.1, -0.05) is 6.92 Å². The van der Waals surface area contributed by atoms with Gasteiger partial charge in [-0.15, -0.1) is 0 Å². The first-order valence-electron chi connectivity index (χ1n) is 10.4. The van der Waals surface area contributed by atoms with E-state index in [2.05, 4.69) is 44.9 Å². The Morgan fingerprint density at radius 3 is 2.93 bits per heavy atom. The third-order valence-corrected chi connectivity index (χ3v) is 6.04. The number of nitrogens with one attached hydrogen (secondary N) is 2. The van der Waals surface area contributed by atoms with Crippen LogP contribution < -0.4 is 15.4 Å². The molecule has 2 N–H and O–H groups in total. The number of rotatable bonds is 5. The second-order valence-electron chi connectivity index (χ2n) is 7.86. The first kappa shape index (κ1) is 18.7. The fourth-order valence-corrected chi connectivity index (χ4v) is 4.32. The molecule has 7 nitrogen and oxygen atoms in total. The van der Waals surface area contributed by atoms with Gasteiger partial charge in [-0.2, -0.15) is 0 Å². The average molecular weight is 403 g/mol. The number of carbonyl (C=O) groups excluding carboxylic acids is 1. The lowest BCUT2D eigenvalue weighted by atomic mass is 9.89. The van der Waals surface area contributed by atoms with Gasteiger partial charge in [-0.25, -0.2) is 9.97 Å². The van der Waals surface area contributed by atoms with Crippen LogP contribution >= 0.6 is 0 Å². The highest BCUT2D eigenvalue weighted by molar-refractivity contribution is 5.92. The van der Waals surface area contributed by atoms with Crippen molar-refractivity contribution in [1.29, 1.82) is 0 Å². The second kappa shape index (κ2) is 7.48. The zero-order chi connectivity index (χ0) is 20.7. The number of nitrogens with zero attached hydrogens (tertiary/aromatic N) is 3. The molecule has 0 atom stereocenters. The van der Waals surface area contributed by atoms with Gasteiger partial charge in [-0.3, -0.25) is 4.79 Å². The van der Waals surface area contributed by atoms with Crippen LogP contribution in [0.5, 0.6) is 5.75 Å². The van der Waals surface area contributed by atoms with Crippen molar-refractivity contribution >= 4 is 34.0 Å². The fourth-order valence-electron chi connectivity index (χ4n) is 4.32. The quantitative estimate of drug-likeness (QED) is 0.677. The van der Waals surface area contributed by atoms with Crippen LogP contribution in [0.1, 0.15) is 30.4 Å². The maximum Gasteiger partial charge on any atom is 0.222 e. The molecule has 2 aliphatic rings. The molecule has 1 saturated heterocycles. The number of ether oxygens (including phenoxy) is 1. The summed E-state index contributed by atoms with van der Waals surface area (Å²) >= 11 is 0. The molecule has 0 saturated carbocycles. The Labute approximate surface area is 175 Å². The van der Waals surface area contributed by atoms with Crippen molar-refractivity contribution < 1.29 is 9.53 Å². The molecule has 2 aliphatic heterocycles. The normalized spacial score (nSPS) is 15.5. The monoisotopic (exact) mass is 403 g/mol. The van der Waals surface area contributed by atoms with Gasteiger partial charge in [0.15, 0.2) is 0 Å². The molecule has 0 unspecified atom stereocenters. The molecule has 3 heterocycles. The summed E-state index contributed by atoms with van der Waals surface area (Å²) in [5.74, 6) is 2.04. The average Bonchev–Trinajstić information content (AvgIpc) is 3.20. The zero-order valence-corrected chi connectivity index (χ0v) is 17.2. The van der Waals surface area contributed by atoms with E-state index in [9.17, 15) is 4.79 Å². The summed E-state index contributed by atoms with van der Waals surface area (Å²) in [6.07, 6.45) is 3.15. The van der Waals surface area contributed by atoms with Crippen LogP contribution in [-0.4, -0.2) is 47.5 Å². The van der Waals surface area contributed by atoms with Crippen molar-refractivity contribution in [2.24, 2.45) is 0 Å².